The molecule has 0 bridgehead atoms. The molecule has 1 aliphatic heterocycles. The van der Waals surface area contributed by atoms with Crippen molar-refractivity contribution in [2.24, 2.45) is 0 Å². The zero-order valence-electron chi connectivity index (χ0n) is 15.9. The third-order valence-corrected chi connectivity index (χ3v) is 5.34. The van der Waals surface area contributed by atoms with Gasteiger partial charge in [-0.15, -0.1) is 0 Å². The monoisotopic (exact) mass is 385 g/mol. The van der Waals surface area contributed by atoms with Gasteiger partial charge in [0.05, 0.1) is 10.7 Å². The summed E-state index contributed by atoms with van der Waals surface area (Å²) in [5, 5.41) is 3.49. The Morgan fingerprint density at radius 3 is 2.26 bits per heavy atom. The van der Waals surface area contributed by atoms with Crippen LogP contribution in [0.3, 0.4) is 0 Å². The number of piperazine rings is 1. The molecule has 6 heteroatoms. The molecular formula is C21H24ClN3O2. The Bertz CT molecular complexity index is 874. The van der Waals surface area contributed by atoms with Crippen LogP contribution in [0.15, 0.2) is 36.4 Å². The number of nitrogens with one attached hydrogen (secondary N) is 1. The Balaban J connectivity index is 1.68. The highest BCUT2D eigenvalue weighted by atomic mass is 35.5. The molecule has 0 spiro atoms. The first-order chi connectivity index (χ1) is 12.8. The Morgan fingerprint density at radius 2 is 1.67 bits per heavy atom. The highest BCUT2D eigenvalue weighted by Crippen LogP contribution is 2.30. The number of hydrogen-bond acceptors (Lipinski definition) is 3. The fourth-order valence-electron chi connectivity index (χ4n) is 3.19. The van der Waals surface area contributed by atoms with Gasteiger partial charge in [0.2, 0.25) is 5.91 Å². The second kappa shape index (κ2) is 8.01. The highest BCUT2D eigenvalue weighted by molar-refractivity contribution is 6.33. The van der Waals surface area contributed by atoms with Gasteiger partial charge in [-0.3, -0.25) is 9.59 Å². The van der Waals surface area contributed by atoms with Crippen molar-refractivity contribution in [3.63, 3.8) is 0 Å². The summed E-state index contributed by atoms with van der Waals surface area (Å²) in [4.78, 5) is 27.9. The topological polar surface area (TPSA) is 52.7 Å². The Morgan fingerprint density at radius 1 is 0.963 bits per heavy atom. The van der Waals surface area contributed by atoms with E-state index in [0.717, 1.165) is 29.9 Å². The average Bonchev–Trinajstić information content (AvgIpc) is 2.64. The van der Waals surface area contributed by atoms with E-state index in [1.807, 2.05) is 49.1 Å². The van der Waals surface area contributed by atoms with Gasteiger partial charge >= 0.3 is 0 Å². The lowest BCUT2D eigenvalue weighted by molar-refractivity contribution is -0.129. The number of halogens is 1. The first-order valence-corrected chi connectivity index (χ1v) is 9.41. The van der Waals surface area contributed by atoms with Crippen molar-refractivity contribution in [1.82, 2.24) is 4.90 Å². The molecule has 0 unspecified atom stereocenters. The van der Waals surface area contributed by atoms with Crippen molar-refractivity contribution in [3.05, 3.63) is 58.1 Å². The summed E-state index contributed by atoms with van der Waals surface area (Å²) >= 11 is 6.46. The van der Waals surface area contributed by atoms with Crippen molar-refractivity contribution >= 4 is 34.8 Å². The van der Waals surface area contributed by atoms with Crippen molar-refractivity contribution in [2.75, 3.05) is 36.4 Å². The van der Waals surface area contributed by atoms with Gasteiger partial charge in [0.15, 0.2) is 0 Å². The molecule has 27 heavy (non-hydrogen) atoms. The molecule has 5 nitrogen and oxygen atoms in total. The van der Waals surface area contributed by atoms with E-state index in [4.69, 9.17) is 11.6 Å². The van der Waals surface area contributed by atoms with Crippen LogP contribution in [0.4, 0.5) is 11.4 Å². The van der Waals surface area contributed by atoms with Gasteiger partial charge in [0.25, 0.3) is 5.91 Å². The third-order valence-electron chi connectivity index (χ3n) is 5.04. The van der Waals surface area contributed by atoms with Gasteiger partial charge in [0, 0.05) is 44.4 Å². The maximum atomic E-state index is 12.5. The molecule has 2 aromatic carbocycles. The molecule has 1 heterocycles. The van der Waals surface area contributed by atoms with Crippen LogP contribution < -0.4 is 10.2 Å². The minimum atomic E-state index is -0.156. The summed E-state index contributed by atoms with van der Waals surface area (Å²) in [6.07, 6.45) is 0. The van der Waals surface area contributed by atoms with Gasteiger partial charge in [0.1, 0.15) is 0 Å². The first-order valence-electron chi connectivity index (χ1n) is 9.04. The maximum absolute atomic E-state index is 12.5. The molecular weight excluding hydrogens is 362 g/mol. The molecule has 0 saturated carbocycles. The summed E-state index contributed by atoms with van der Waals surface area (Å²) in [6.45, 7) is 8.47. The summed E-state index contributed by atoms with van der Waals surface area (Å²) in [6, 6.07) is 11.2. The van der Waals surface area contributed by atoms with E-state index in [1.165, 1.54) is 0 Å². The van der Waals surface area contributed by atoms with Gasteiger partial charge in [-0.1, -0.05) is 17.7 Å². The normalized spacial score (nSPS) is 14.2. The van der Waals surface area contributed by atoms with Crippen LogP contribution >= 0.6 is 11.6 Å². The van der Waals surface area contributed by atoms with Gasteiger partial charge < -0.3 is 15.1 Å². The number of benzene rings is 2. The van der Waals surface area contributed by atoms with Gasteiger partial charge in [-0.2, -0.15) is 0 Å². The quantitative estimate of drug-likeness (QED) is 0.872. The Labute approximate surface area is 164 Å². The molecule has 1 saturated heterocycles. The predicted molar refractivity (Wildman–Crippen MR) is 110 cm³/mol. The number of rotatable bonds is 3. The van der Waals surface area contributed by atoms with Crippen LogP contribution in [-0.4, -0.2) is 42.9 Å². The molecule has 142 valence electrons. The zero-order chi connectivity index (χ0) is 19.6. The number of nitrogens with zero attached hydrogens (tertiary/aromatic N) is 2. The lowest BCUT2D eigenvalue weighted by atomic mass is 10.1. The zero-order valence-corrected chi connectivity index (χ0v) is 16.6. The number of carbonyl (C=O) groups is 2. The number of aryl methyl sites for hydroxylation is 2. The lowest BCUT2D eigenvalue weighted by Crippen LogP contribution is -2.48. The minimum absolute atomic E-state index is 0.102. The van der Waals surface area contributed by atoms with E-state index >= 15 is 0 Å². The first kappa shape index (κ1) is 19.2. The molecule has 3 rings (SSSR count). The SMILES string of the molecule is CC(=O)N1CCN(c2ccc(NC(=O)c3ccc(C)c(C)c3)cc2Cl)CC1. The van der Waals surface area contributed by atoms with Gasteiger partial charge in [-0.25, -0.2) is 0 Å². The molecule has 0 aliphatic carbocycles. The number of amides is 2. The average molecular weight is 386 g/mol. The summed E-state index contributed by atoms with van der Waals surface area (Å²) in [5.41, 5.74) is 4.45. The number of anilines is 2. The van der Waals surface area contributed by atoms with E-state index in [-0.39, 0.29) is 11.8 Å². The predicted octanol–water partition coefficient (Wildman–Crippen LogP) is 3.88. The molecule has 2 aromatic rings. The molecule has 1 aliphatic rings. The smallest absolute Gasteiger partial charge is 0.255 e. The fourth-order valence-corrected chi connectivity index (χ4v) is 3.49. The standard InChI is InChI=1S/C21H24ClN3O2/c1-14-4-5-17(12-15(14)2)21(27)23-18-6-7-20(19(22)13-18)25-10-8-24(9-11-25)16(3)26/h4-7,12-13H,8-11H2,1-3H3,(H,23,27). The van der Waals surface area contributed by atoms with Crippen molar-refractivity contribution < 1.29 is 9.59 Å². The van der Waals surface area contributed by atoms with Crippen LogP contribution in [0.1, 0.15) is 28.4 Å². The molecule has 0 radical (unpaired) electrons. The molecule has 0 aromatic heterocycles. The van der Waals surface area contributed by atoms with E-state index < -0.39 is 0 Å². The molecule has 1 fully saturated rings. The van der Waals surface area contributed by atoms with Gasteiger partial charge in [-0.05, 0) is 55.3 Å². The summed E-state index contributed by atoms with van der Waals surface area (Å²) < 4.78 is 0. The van der Waals surface area contributed by atoms with E-state index in [2.05, 4.69) is 10.2 Å². The third kappa shape index (κ3) is 4.42. The second-order valence-corrected chi connectivity index (χ2v) is 7.32. The van der Waals surface area contributed by atoms with Crippen LogP contribution in [0.2, 0.25) is 5.02 Å². The summed E-state index contributed by atoms with van der Waals surface area (Å²) in [5.74, 6) is -0.0536. The number of carbonyl (C=O) groups excluding carboxylic acids is 2. The molecule has 1 N–H and O–H groups in total. The van der Waals surface area contributed by atoms with Crippen molar-refractivity contribution in [1.29, 1.82) is 0 Å². The lowest BCUT2D eigenvalue weighted by Gasteiger charge is -2.36. The van der Waals surface area contributed by atoms with Crippen LogP contribution in [-0.2, 0) is 4.79 Å². The second-order valence-electron chi connectivity index (χ2n) is 6.91. The highest BCUT2D eigenvalue weighted by Gasteiger charge is 2.20. The van der Waals surface area contributed by atoms with Crippen LogP contribution in [0.25, 0.3) is 0 Å². The molecule has 0 atom stereocenters. The van der Waals surface area contributed by atoms with Crippen molar-refractivity contribution in [2.45, 2.75) is 20.8 Å². The fraction of sp³-hybridized carbons (Fsp3) is 0.333. The van der Waals surface area contributed by atoms with Crippen molar-refractivity contribution in [3.8, 4) is 0 Å². The molecule has 2 amide bonds. The van der Waals surface area contributed by atoms with E-state index in [0.29, 0.717) is 29.4 Å². The van der Waals surface area contributed by atoms with E-state index in [1.54, 1.807) is 13.0 Å². The van der Waals surface area contributed by atoms with Crippen LogP contribution in [0.5, 0.6) is 0 Å². The largest absolute Gasteiger partial charge is 0.367 e. The van der Waals surface area contributed by atoms with E-state index in [9.17, 15) is 9.59 Å². The summed E-state index contributed by atoms with van der Waals surface area (Å²) in [7, 11) is 0. The number of hydrogen-bond donors (Lipinski definition) is 1. The van der Waals surface area contributed by atoms with Crippen LogP contribution in [0, 0.1) is 13.8 Å². The Kier molecular flexibility index (Phi) is 5.71. The minimum Gasteiger partial charge on any atom is -0.367 e. The Hall–Kier alpha value is -2.53. The maximum Gasteiger partial charge on any atom is 0.255 e.